The van der Waals surface area contributed by atoms with Crippen molar-refractivity contribution in [1.29, 1.82) is 0 Å². The molecular formula is C13H24N2S. The van der Waals surface area contributed by atoms with Crippen LogP contribution in [0, 0.1) is 0 Å². The van der Waals surface area contributed by atoms with E-state index in [-0.39, 0.29) is 0 Å². The normalized spacial score (nSPS) is 10.8. The van der Waals surface area contributed by atoms with Crippen LogP contribution in [0.4, 0.5) is 5.69 Å². The van der Waals surface area contributed by atoms with Crippen LogP contribution in [-0.2, 0) is 6.54 Å². The summed E-state index contributed by atoms with van der Waals surface area (Å²) in [7, 11) is 0. The number of anilines is 1. The van der Waals surface area contributed by atoms with Crippen LogP contribution in [0.25, 0.3) is 0 Å². The van der Waals surface area contributed by atoms with Gasteiger partial charge in [-0.3, -0.25) is 0 Å². The third kappa shape index (κ3) is 5.52. The van der Waals surface area contributed by atoms with E-state index in [2.05, 4.69) is 17.6 Å². The predicted octanol–water partition coefficient (Wildman–Crippen LogP) is 3.78. The maximum absolute atomic E-state index is 5.81. The van der Waals surface area contributed by atoms with Gasteiger partial charge in [-0.15, -0.1) is 11.3 Å². The second-order valence-corrected chi connectivity index (χ2v) is 5.24. The van der Waals surface area contributed by atoms with Gasteiger partial charge in [-0.2, -0.15) is 0 Å². The zero-order valence-corrected chi connectivity index (χ0v) is 11.1. The fraction of sp³-hybridized carbons (Fsp3) is 0.692. The summed E-state index contributed by atoms with van der Waals surface area (Å²) in [5.41, 5.74) is 6.74. The molecule has 0 bridgehead atoms. The van der Waals surface area contributed by atoms with Gasteiger partial charge in [-0.1, -0.05) is 39.0 Å². The van der Waals surface area contributed by atoms with E-state index in [4.69, 9.17) is 5.73 Å². The van der Waals surface area contributed by atoms with Gasteiger partial charge in [0.1, 0.15) is 0 Å². The maximum atomic E-state index is 5.81. The van der Waals surface area contributed by atoms with Gasteiger partial charge in [0.2, 0.25) is 0 Å². The van der Waals surface area contributed by atoms with Gasteiger partial charge in [0.15, 0.2) is 0 Å². The highest BCUT2D eigenvalue weighted by Gasteiger charge is 1.98. The van der Waals surface area contributed by atoms with Crippen molar-refractivity contribution >= 4 is 17.0 Å². The molecule has 1 heterocycles. The Labute approximate surface area is 103 Å². The lowest BCUT2D eigenvalue weighted by Crippen LogP contribution is -2.14. The number of hydrogen-bond acceptors (Lipinski definition) is 3. The Morgan fingerprint density at radius 3 is 2.62 bits per heavy atom. The smallest absolute Gasteiger partial charge is 0.0468 e. The molecule has 2 nitrogen and oxygen atoms in total. The molecule has 0 aliphatic rings. The lowest BCUT2D eigenvalue weighted by atomic mass is 10.1. The summed E-state index contributed by atoms with van der Waals surface area (Å²) in [4.78, 5) is 1.27. The SMILES string of the molecule is CCCCCCCCNCc1sccc1N. The Hall–Kier alpha value is -0.540. The minimum atomic E-state index is 0.929. The van der Waals surface area contributed by atoms with E-state index in [0.29, 0.717) is 0 Å². The Kier molecular flexibility index (Phi) is 7.26. The fourth-order valence-corrected chi connectivity index (χ4v) is 2.49. The van der Waals surface area contributed by atoms with Crippen molar-refractivity contribution in [1.82, 2.24) is 5.32 Å². The summed E-state index contributed by atoms with van der Waals surface area (Å²) < 4.78 is 0. The monoisotopic (exact) mass is 240 g/mol. The fourth-order valence-electron chi connectivity index (χ4n) is 1.73. The van der Waals surface area contributed by atoms with E-state index in [9.17, 15) is 0 Å². The van der Waals surface area contributed by atoms with Gasteiger partial charge in [0.25, 0.3) is 0 Å². The van der Waals surface area contributed by atoms with Gasteiger partial charge < -0.3 is 11.1 Å². The van der Waals surface area contributed by atoms with Crippen LogP contribution in [0.5, 0.6) is 0 Å². The van der Waals surface area contributed by atoms with Crippen LogP contribution in [0.2, 0.25) is 0 Å². The summed E-state index contributed by atoms with van der Waals surface area (Å²) in [5.74, 6) is 0. The average Bonchev–Trinajstić information content (AvgIpc) is 2.68. The molecule has 1 rings (SSSR count). The highest BCUT2D eigenvalue weighted by atomic mass is 32.1. The highest BCUT2D eigenvalue weighted by Crippen LogP contribution is 2.18. The summed E-state index contributed by atoms with van der Waals surface area (Å²) in [6, 6.07) is 1.98. The van der Waals surface area contributed by atoms with E-state index in [0.717, 1.165) is 18.8 Å². The summed E-state index contributed by atoms with van der Waals surface area (Å²) in [6.45, 7) is 4.30. The number of nitrogens with one attached hydrogen (secondary N) is 1. The van der Waals surface area contributed by atoms with E-state index < -0.39 is 0 Å². The highest BCUT2D eigenvalue weighted by molar-refractivity contribution is 7.10. The van der Waals surface area contributed by atoms with E-state index in [1.165, 1.54) is 43.4 Å². The molecule has 0 amide bonds. The van der Waals surface area contributed by atoms with Gasteiger partial charge in [-0.25, -0.2) is 0 Å². The molecule has 0 saturated heterocycles. The van der Waals surface area contributed by atoms with E-state index >= 15 is 0 Å². The molecule has 1 aromatic rings. The van der Waals surface area contributed by atoms with Crippen molar-refractivity contribution in [2.75, 3.05) is 12.3 Å². The standard InChI is InChI=1S/C13H24N2S/c1-2-3-4-5-6-7-9-15-11-13-12(14)8-10-16-13/h8,10,15H,2-7,9,11,14H2,1H3. The number of rotatable bonds is 9. The molecule has 16 heavy (non-hydrogen) atoms. The zero-order valence-electron chi connectivity index (χ0n) is 10.3. The van der Waals surface area contributed by atoms with E-state index in [1.54, 1.807) is 11.3 Å². The molecule has 0 spiro atoms. The third-order valence-corrected chi connectivity index (χ3v) is 3.71. The molecular weight excluding hydrogens is 216 g/mol. The quantitative estimate of drug-likeness (QED) is 0.645. The van der Waals surface area contributed by atoms with Gasteiger partial charge >= 0.3 is 0 Å². The lowest BCUT2D eigenvalue weighted by molar-refractivity contribution is 0.574. The molecule has 0 atom stereocenters. The first-order chi connectivity index (χ1) is 7.84. The Balaban J connectivity index is 1.91. The summed E-state index contributed by atoms with van der Waals surface area (Å²) >= 11 is 1.74. The first-order valence-electron chi connectivity index (χ1n) is 6.37. The Morgan fingerprint density at radius 1 is 1.19 bits per heavy atom. The van der Waals surface area contributed by atoms with Crippen molar-refractivity contribution in [3.8, 4) is 0 Å². The van der Waals surface area contributed by atoms with Crippen LogP contribution in [0.1, 0.15) is 50.3 Å². The number of thiophene rings is 1. The van der Waals surface area contributed by atoms with Gasteiger partial charge in [-0.05, 0) is 24.4 Å². The molecule has 0 aliphatic heterocycles. The van der Waals surface area contributed by atoms with Crippen molar-refractivity contribution in [2.24, 2.45) is 0 Å². The molecule has 0 unspecified atom stereocenters. The molecule has 0 radical (unpaired) electrons. The van der Waals surface area contributed by atoms with Crippen LogP contribution in [0.15, 0.2) is 11.4 Å². The second kappa shape index (κ2) is 8.59. The van der Waals surface area contributed by atoms with Gasteiger partial charge in [0.05, 0.1) is 0 Å². The molecule has 3 N–H and O–H groups in total. The molecule has 0 saturated carbocycles. The Morgan fingerprint density at radius 2 is 1.94 bits per heavy atom. The lowest BCUT2D eigenvalue weighted by Gasteiger charge is -2.04. The van der Waals surface area contributed by atoms with Crippen molar-refractivity contribution < 1.29 is 0 Å². The second-order valence-electron chi connectivity index (χ2n) is 4.24. The van der Waals surface area contributed by atoms with Crippen molar-refractivity contribution in [3.63, 3.8) is 0 Å². The van der Waals surface area contributed by atoms with Crippen molar-refractivity contribution in [2.45, 2.75) is 52.0 Å². The molecule has 3 heteroatoms. The molecule has 0 fully saturated rings. The van der Waals surface area contributed by atoms with Crippen LogP contribution >= 0.6 is 11.3 Å². The minimum absolute atomic E-state index is 0.929. The Bertz CT molecular complexity index is 271. The maximum Gasteiger partial charge on any atom is 0.0468 e. The first-order valence-corrected chi connectivity index (χ1v) is 7.25. The summed E-state index contributed by atoms with van der Waals surface area (Å²) in [6.07, 6.45) is 8.14. The molecule has 0 aromatic carbocycles. The largest absolute Gasteiger partial charge is 0.398 e. The van der Waals surface area contributed by atoms with Crippen molar-refractivity contribution in [3.05, 3.63) is 16.3 Å². The topological polar surface area (TPSA) is 38.0 Å². The van der Waals surface area contributed by atoms with Crippen LogP contribution in [-0.4, -0.2) is 6.54 Å². The molecule has 92 valence electrons. The van der Waals surface area contributed by atoms with Gasteiger partial charge in [0, 0.05) is 17.1 Å². The third-order valence-electron chi connectivity index (χ3n) is 2.77. The average molecular weight is 240 g/mol. The van der Waals surface area contributed by atoms with Crippen LogP contribution < -0.4 is 11.1 Å². The number of unbranched alkanes of at least 4 members (excludes halogenated alkanes) is 5. The number of hydrogen-bond donors (Lipinski definition) is 2. The molecule has 0 aliphatic carbocycles. The van der Waals surface area contributed by atoms with E-state index in [1.807, 2.05) is 6.07 Å². The minimum Gasteiger partial charge on any atom is -0.398 e. The zero-order chi connectivity index (χ0) is 11.6. The summed E-state index contributed by atoms with van der Waals surface area (Å²) in [5, 5.41) is 5.50. The first kappa shape index (κ1) is 13.5. The predicted molar refractivity (Wildman–Crippen MR) is 73.8 cm³/mol. The number of nitrogen functional groups attached to an aromatic ring is 1. The van der Waals surface area contributed by atoms with Crippen LogP contribution in [0.3, 0.4) is 0 Å². The number of nitrogens with two attached hydrogens (primary N) is 1. The molecule has 1 aromatic heterocycles.